The number of benzene rings is 2. The zero-order chi connectivity index (χ0) is 19.2. The van der Waals surface area contributed by atoms with Crippen LogP contribution in [0.15, 0.2) is 54.6 Å². The minimum atomic E-state index is -3.41. The number of alkyl halides is 1. The van der Waals surface area contributed by atoms with Crippen molar-refractivity contribution in [2.45, 2.75) is 37.8 Å². The summed E-state index contributed by atoms with van der Waals surface area (Å²) in [5.41, 5.74) is 2.11. The van der Waals surface area contributed by atoms with Crippen LogP contribution < -0.4 is 5.14 Å². The lowest BCUT2D eigenvalue weighted by Gasteiger charge is -2.30. The van der Waals surface area contributed by atoms with Crippen LogP contribution >= 0.6 is 0 Å². The summed E-state index contributed by atoms with van der Waals surface area (Å²) in [6.07, 6.45) is 4.55. The first kappa shape index (κ1) is 20.6. The Hall–Kier alpha value is -1.76. The van der Waals surface area contributed by atoms with E-state index in [1.165, 1.54) is 26.1 Å². The number of rotatable bonds is 3. The SMILES string of the molecule is CN(C)S(N)(=O)=O.FC1(c2ccc(-c3ccccc3)cc2)CCCCC1. The molecule has 0 unspecified atom stereocenters. The molecular formula is C20H27FN2O2S. The van der Waals surface area contributed by atoms with E-state index in [0.717, 1.165) is 28.3 Å². The second-order valence-electron chi connectivity index (χ2n) is 6.80. The van der Waals surface area contributed by atoms with Gasteiger partial charge in [0.15, 0.2) is 0 Å². The Kier molecular flexibility index (Phi) is 6.92. The van der Waals surface area contributed by atoms with Crippen LogP contribution in [-0.2, 0) is 15.9 Å². The van der Waals surface area contributed by atoms with Gasteiger partial charge >= 0.3 is 0 Å². The van der Waals surface area contributed by atoms with E-state index >= 15 is 0 Å². The van der Waals surface area contributed by atoms with Gasteiger partial charge in [-0.1, -0.05) is 61.0 Å². The molecule has 0 saturated heterocycles. The second-order valence-corrected chi connectivity index (χ2v) is 8.56. The monoisotopic (exact) mass is 378 g/mol. The van der Waals surface area contributed by atoms with Gasteiger partial charge in [-0.25, -0.2) is 9.53 Å². The Bertz CT molecular complexity index is 784. The quantitative estimate of drug-likeness (QED) is 0.868. The Morgan fingerprint density at radius 1 is 0.885 bits per heavy atom. The molecule has 0 aromatic heterocycles. The Morgan fingerprint density at radius 3 is 1.81 bits per heavy atom. The fraction of sp³-hybridized carbons (Fsp3) is 0.400. The molecule has 0 amide bonds. The molecule has 3 rings (SSSR count). The van der Waals surface area contributed by atoms with Crippen molar-refractivity contribution in [3.63, 3.8) is 0 Å². The summed E-state index contributed by atoms with van der Waals surface area (Å²) < 4.78 is 35.8. The molecule has 1 aliphatic carbocycles. The molecule has 0 bridgehead atoms. The average Bonchev–Trinajstić information content (AvgIpc) is 2.63. The summed E-state index contributed by atoms with van der Waals surface area (Å²) in [7, 11) is -0.667. The van der Waals surface area contributed by atoms with Crippen LogP contribution in [0.1, 0.15) is 37.7 Å². The number of hydrogen-bond donors (Lipinski definition) is 1. The van der Waals surface area contributed by atoms with Crippen molar-refractivity contribution in [2.24, 2.45) is 5.14 Å². The Balaban J connectivity index is 0.000000298. The number of nitrogens with two attached hydrogens (primary N) is 1. The standard InChI is InChI=1S/C18H19F.C2H8N2O2S/c19-18(13-5-2-6-14-18)17-11-9-16(10-12-17)15-7-3-1-4-8-15;1-4(2)7(3,5)6/h1,3-4,7-12H,2,5-6,13-14H2;1-2H3,(H2,3,5,6). The normalized spacial score (nSPS) is 16.7. The number of hydrogen-bond acceptors (Lipinski definition) is 2. The average molecular weight is 379 g/mol. The molecule has 0 aliphatic heterocycles. The van der Waals surface area contributed by atoms with Crippen molar-refractivity contribution >= 4 is 10.2 Å². The molecule has 4 nitrogen and oxygen atoms in total. The molecule has 2 aromatic rings. The minimum absolute atomic E-state index is 0.678. The molecule has 1 fully saturated rings. The summed E-state index contributed by atoms with van der Waals surface area (Å²) in [5.74, 6) is 0. The van der Waals surface area contributed by atoms with E-state index in [4.69, 9.17) is 0 Å². The van der Waals surface area contributed by atoms with Crippen LogP contribution in [0, 0.1) is 0 Å². The summed E-state index contributed by atoms with van der Waals surface area (Å²) in [6.45, 7) is 0. The van der Waals surface area contributed by atoms with Crippen molar-refractivity contribution in [3.8, 4) is 11.1 Å². The van der Waals surface area contributed by atoms with Crippen molar-refractivity contribution in [1.82, 2.24) is 4.31 Å². The molecule has 6 heteroatoms. The largest absolute Gasteiger partial charge is 0.276 e. The molecule has 2 N–H and O–H groups in total. The summed E-state index contributed by atoms with van der Waals surface area (Å²) in [4.78, 5) is 0. The van der Waals surface area contributed by atoms with Crippen LogP contribution in [0.2, 0.25) is 0 Å². The van der Waals surface area contributed by atoms with Crippen LogP contribution in [0.5, 0.6) is 0 Å². The van der Waals surface area contributed by atoms with Crippen LogP contribution in [0.4, 0.5) is 4.39 Å². The van der Waals surface area contributed by atoms with Crippen LogP contribution in [0.3, 0.4) is 0 Å². The van der Waals surface area contributed by atoms with E-state index < -0.39 is 15.9 Å². The fourth-order valence-electron chi connectivity index (χ4n) is 2.99. The van der Waals surface area contributed by atoms with Gasteiger partial charge in [-0.3, -0.25) is 0 Å². The van der Waals surface area contributed by atoms with Gasteiger partial charge in [0.25, 0.3) is 10.2 Å². The van der Waals surface area contributed by atoms with Crippen LogP contribution in [0.25, 0.3) is 11.1 Å². The molecule has 1 aliphatic rings. The Morgan fingerprint density at radius 2 is 1.35 bits per heavy atom. The lowest BCUT2D eigenvalue weighted by atomic mass is 9.81. The van der Waals surface area contributed by atoms with Crippen molar-refractivity contribution in [3.05, 3.63) is 60.2 Å². The van der Waals surface area contributed by atoms with E-state index in [1.807, 2.05) is 42.5 Å². The van der Waals surface area contributed by atoms with Crippen molar-refractivity contribution < 1.29 is 12.8 Å². The van der Waals surface area contributed by atoms with Gasteiger partial charge in [0.2, 0.25) is 0 Å². The van der Waals surface area contributed by atoms with E-state index in [1.54, 1.807) is 0 Å². The second kappa shape index (κ2) is 8.75. The number of halogens is 1. The van der Waals surface area contributed by atoms with Gasteiger partial charge in [0.05, 0.1) is 0 Å². The maximum absolute atomic E-state index is 14.8. The van der Waals surface area contributed by atoms with Crippen molar-refractivity contribution in [1.29, 1.82) is 0 Å². The third kappa shape index (κ3) is 5.62. The first-order chi connectivity index (χ1) is 12.2. The topological polar surface area (TPSA) is 63.4 Å². The molecule has 0 spiro atoms. The van der Waals surface area contributed by atoms with Gasteiger partial charge in [-0.2, -0.15) is 12.7 Å². The third-order valence-corrected chi connectivity index (χ3v) is 5.68. The summed E-state index contributed by atoms with van der Waals surface area (Å²) in [5, 5.41) is 4.58. The molecule has 142 valence electrons. The van der Waals surface area contributed by atoms with Gasteiger partial charge < -0.3 is 0 Å². The molecule has 26 heavy (non-hydrogen) atoms. The first-order valence-corrected chi connectivity index (χ1v) is 10.3. The minimum Gasteiger partial charge on any atom is -0.239 e. The summed E-state index contributed by atoms with van der Waals surface area (Å²) in [6, 6.07) is 18.3. The lowest BCUT2D eigenvalue weighted by molar-refractivity contribution is 0.106. The van der Waals surface area contributed by atoms with Crippen LogP contribution in [-0.4, -0.2) is 26.8 Å². The fourth-order valence-corrected chi connectivity index (χ4v) is 2.99. The smallest absolute Gasteiger partial charge is 0.239 e. The predicted molar refractivity (Wildman–Crippen MR) is 105 cm³/mol. The van der Waals surface area contributed by atoms with Gasteiger partial charge in [0, 0.05) is 14.1 Å². The highest BCUT2D eigenvalue weighted by Crippen LogP contribution is 2.41. The maximum Gasteiger partial charge on any atom is 0.276 e. The number of nitrogens with zero attached hydrogens (tertiary/aromatic N) is 1. The van der Waals surface area contributed by atoms with Gasteiger partial charge in [0.1, 0.15) is 5.67 Å². The summed E-state index contributed by atoms with van der Waals surface area (Å²) >= 11 is 0. The first-order valence-electron chi connectivity index (χ1n) is 8.77. The third-order valence-electron chi connectivity index (χ3n) is 4.66. The molecule has 1 saturated carbocycles. The zero-order valence-electron chi connectivity index (χ0n) is 15.4. The highest BCUT2D eigenvalue weighted by atomic mass is 32.2. The molecule has 0 atom stereocenters. The predicted octanol–water partition coefficient (Wildman–Crippen LogP) is 4.23. The highest BCUT2D eigenvalue weighted by Gasteiger charge is 2.33. The molecule has 0 heterocycles. The molecule has 2 aromatic carbocycles. The zero-order valence-corrected chi connectivity index (χ0v) is 16.2. The van der Waals surface area contributed by atoms with Crippen molar-refractivity contribution in [2.75, 3.05) is 14.1 Å². The van der Waals surface area contributed by atoms with E-state index in [0.29, 0.717) is 12.8 Å². The maximum atomic E-state index is 14.8. The van der Waals surface area contributed by atoms with E-state index in [2.05, 4.69) is 17.3 Å². The van der Waals surface area contributed by atoms with Gasteiger partial charge in [-0.05, 0) is 42.4 Å². The Labute approximate surface area is 156 Å². The van der Waals surface area contributed by atoms with E-state index in [-0.39, 0.29) is 0 Å². The van der Waals surface area contributed by atoms with E-state index in [9.17, 15) is 12.8 Å². The molecular weight excluding hydrogens is 351 g/mol. The molecule has 0 radical (unpaired) electrons. The van der Waals surface area contributed by atoms with Gasteiger partial charge in [-0.15, -0.1) is 0 Å². The highest BCUT2D eigenvalue weighted by molar-refractivity contribution is 7.86. The lowest BCUT2D eigenvalue weighted by Crippen LogP contribution is -2.29.